The number of hydrogen-bond acceptors (Lipinski definition) is 7. The van der Waals surface area contributed by atoms with Crippen LogP contribution in [0.3, 0.4) is 0 Å². The van der Waals surface area contributed by atoms with Crippen LogP contribution in [0.5, 0.6) is 5.75 Å². The molecule has 0 saturated heterocycles. The van der Waals surface area contributed by atoms with Gasteiger partial charge in [0, 0.05) is 39.7 Å². The molecule has 8 heteroatoms. The molecule has 0 radical (unpaired) electrons. The molecule has 0 N–H and O–H groups in total. The average molecular weight is 440 g/mol. The number of methoxy groups -OCH3 is 2. The fourth-order valence-electron chi connectivity index (χ4n) is 3.56. The number of benzene rings is 1. The summed E-state index contributed by atoms with van der Waals surface area (Å²) in [6, 6.07) is 10.9. The van der Waals surface area contributed by atoms with E-state index in [1.54, 1.807) is 44.8 Å². The van der Waals surface area contributed by atoms with Crippen molar-refractivity contribution in [1.29, 1.82) is 0 Å². The lowest BCUT2D eigenvalue weighted by atomic mass is 10.0. The summed E-state index contributed by atoms with van der Waals surface area (Å²) in [5.74, 6) is 0.0331. The van der Waals surface area contributed by atoms with E-state index in [4.69, 9.17) is 14.2 Å². The summed E-state index contributed by atoms with van der Waals surface area (Å²) in [4.78, 5) is 34.2. The molecular weight excluding hydrogens is 410 g/mol. The van der Waals surface area contributed by atoms with Gasteiger partial charge in [-0.2, -0.15) is 0 Å². The molecule has 2 amide bonds. The van der Waals surface area contributed by atoms with E-state index < -0.39 is 0 Å². The van der Waals surface area contributed by atoms with Gasteiger partial charge in [-0.15, -0.1) is 0 Å². The van der Waals surface area contributed by atoms with Crippen molar-refractivity contribution in [2.24, 2.45) is 0 Å². The molecule has 1 aliphatic heterocycles. The summed E-state index contributed by atoms with van der Waals surface area (Å²) in [7, 11) is 3.21. The molecule has 0 aliphatic carbocycles. The van der Waals surface area contributed by atoms with Gasteiger partial charge in [-0.25, -0.2) is 0 Å². The number of amides is 2. The van der Waals surface area contributed by atoms with Gasteiger partial charge in [0.15, 0.2) is 0 Å². The molecule has 1 aromatic heterocycles. The normalized spacial score (nSPS) is 13.8. The standard InChI is InChI=1S/C24H29N3O5/c1-4-32-20-9-7-19(8-10-20)21-22(26(12-14-30-2)13-15-31-3)24(29)27(23(21)28)17-18-6-5-11-25-16-18/h5-11,16H,4,12-15,17H2,1-3H3. The molecule has 2 aromatic rings. The molecule has 0 bridgehead atoms. The first kappa shape index (κ1) is 23.4. The Morgan fingerprint density at radius 1 is 0.969 bits per heavy atom. The highest BCUT2D eigenvalue weighted by Crippen LogP contribution is 2.33. The van der Waals surface area contributed by atoms with Gasteiger partial charge >= 0.3 is 0 Å². The summed E-state index contributed by atoms with van der Waals surface area (Å²) in [5.41, 5.74) is 2.17. The molecule has 0 saturated carbocycles. The third kappa shape index (κ3) is 5.33. The lowest BCUT2D eigenvalue weighted by molar-refractivity contribution is -0.138. The highest BCUT2D eigenvalue weighted by atomic mass is 16.5. The van der Waals surface area contributed by atoms with Crippen LogP contribution < -0.4 is 4.74 Å². The first-order chi connectivity index (χ1) is 15.6. The van der Waals surface area contributed by atoms with Crippen LogP contribution in [0.25, 0.3) is 5.57 Å². The number of aromatic nitrogens is 1. The quantitative estimate of drug-likeness (QED) is 0.470. The Hall–Kier alpha value is -3.23. The van der Waals surface area contributed by atoms with E-state index >= 15 is 0 Å². The van der Waals surface area contributed by atoms with Gasteiger partial charge in [0.25, 0.3) is 11.8 Å². The predicted octanol–water partition coefficient (Wildman–Crippen LogP) is 2.36. The van der Waals surface area contributed by atoms with E-state index in [2.05, 4.69) is 4.98 Å². The zero-order valence-corrected chi connectivity index (χ0v) is 18.7. The molecule has 1 aliphatic rings. The van der Waals surface area contributed by atoms with E-state index in [0.717, 1.165) is 5.56 Å². The second-order valence-corrected chi connectivity index (χ2v) is 7.21. The van der Waals surface area contributed by atoms with Crippen LogP contribution in [-0.2, 0) is 25.6 Å². The molecular formula is C24H29N3O5. The molecule has 170 valence electrons. The maximum atomic E-state index is 13.5. The topological polar surface area (TPSA) is 81.2 Å². The summed E-state index contributed by atoms with van der Waals surface area (Å²) < 4.78 is 16.0. The van der Waals surface area contributed by atoms with E-state index in [1.165, 1.54) is 4.90 Å². The Morgan fingerprint density at radius 3 is 2.22 bits per heavy atom. The Labute approximate surface area is 188 Å². The zero-order valence-electron chi connectivity index (χ0n) is 18.7. The number of ether oxygens (including phenoxy) is 3. The molecule has 32 heavy (non-hydrogen) atoms. The van der Waals surface area contributed by atoms with Gasteiger partial charge in [0.2, 0.25) is 0 Å². The number of carbonyl (C=O) groups is 2. The van der Waals surface area contributed by atoms with E-state index in [-0.39, 0.29) is 18.4 Å². The Bertz CT molecular complexity index is 936. The lowest BCUT2D eigenvalue weighted by Crippen LogP contribution is -2.37. The number of nitrogens with zero attached hydrogens (tertiary/aromatic N) is 3. The van der Waals surface area contributed by atoms with Crippen LogP contribution in [0.4, 0.5) is 0 Å². The maximum Gasteiger partial charge on any atom is 0.278 e. The summed E-state index contributed by atoms with van der Waals surface area (Å²) in [6.07, 6.45) is 3.31. The molecule has 1 aromatic carbocycles. The predicted molar refractivity (Wildman–Crippen MR) is 120 cm³/mol. The van der Waals surface area contributed by atoms with Crippen LogP contribution in [0, 0.1) is 0 Å². The molecule has 0 atom stereocenters. The van der Waals surface area contributed by atoms with Gasteiger partial charge < -0.3 is 19.1 Å². The van der Waals surface area contributed by atoms with E-state index in [9.17, 15) is 9.59 Å². The number of rotatable bonds is 12. The maximum absolute atomic E-state index is 13.5. The minimum Gasteiger partial charge on any atom is -0.494 e. The Balaban J connectivity index is 2.02. The van der Waals surface area contributed by atoms with Crippen molar-refractivity contribution in [2.75, 3.05) is 47.1 Å². The van der Waals surface area contributed by atoms with Gasteiger partial charge in [0.05, 0.1) is 31.9 Å². The second kappa shape index (κ2) is 11.4. The third-order valence-electron chi connectivity index (χ3n) is 5.11. The van der Waals surface area contributed by atoms with Crippen molar-refractivity contribution in [3.63, 3.8) is 0 Å². The minimum absolute atomic E-state index is 0.151. The van der Waals surface area contributed by atoms with Crippen molar-refractivity contribution in [2.45, 2.75) is 13.5 Å². The second-order valence-electron chi connectivity index (χ2n) is 7.21. The molecule has 8 nitrogen and oxygen atoms in total. The Morgan fingerprint density at radius 2 is 1.66 bits per heavy atom. The first-order valence-corrected chi connectivity index (χ1v) is 10.6. The zero-order chi connectivity index (χ0) is 22.9. The molecule has 0 unspecified atom stereocenters. The van der Waals surface area contributed by atoms with E-state index in [1.807, 2.05) is 30.0 Å². The largest absolute Gasteiger partial charge is 0.494 e. The van der Waals surface area contributed by atoms with Crippen molar-refractivity contribution >= 4 is 17.4 Å². The highest BCUT2D eigenvalue weighted by molar-refractivity contribution is 6.35. The van der Waals surface area contributed by atoms with Crippen molar-refractivity contribution in [1.82, 2.24) is 14.8 Å². The van der Waals surface area contributed by atoms with Gasteiger partial charge in [-0.05, 0) is 36.2 Å². The Kier molecular flexibility index (Phi) is 8.35. The summed E-state index contributed by atoms with van der Waals surface area (Å²) in [6.45, 7) is 4.34. The van der Waals surface area contributed by atoms with Gasteiger partial charge in [-0.1, -0.05) is 18.2 Å². The fraction of sp³-hybridized carbons (Fsp3) is 0.375. The summed E-state index contributed by atoms with van der Waals surface area (Å²) in [5, 5.41) is 0. The van der Waals surface area contributed by atoms with Crippen LogP contribution in [0.1, 0.15) is 18.1 Å². The number of imide groups is 1. The van der Waals surface area contributed by atoms with Gasteiger partial charge in [-0.3, -0.25) is 19.5 Å². The third-order valence-corrected chi connectivity index (χ3v) is 5.11. The molecule has 2 heterocycles. The van der Waals surface area contributed by atoms with Crippen molar-refractivity contribution in [3.8, 4) is 5.75 Å². The number of hydrogen-bond donors (Lipinski definition) is 0. The van der Waals surface area contributed by atoms with Crippen LogP contribution >= 0.6 is 0 Å². The van der Waals surface area contributed by atoms with Crippen molar-refractivity contribution < 1.29 is 23.8 Å². The van der Waals surface area contributed by atoms with Crippen LogP contribution in [-0.4, -0.2) is 73.7 Å². The smallest absolute Gasteiger partial charge is 0.278 e. The van der Waals surface area contributed by atoms with Crippen molar-refractivity contribution in [3.05, 3.63) is 65.6 Å². The summed E-state index contributed by atoms with van der Waals surface area (Å²) >= 11 is 0. The lowest BCUT2D eigenvalue weighted by Gasteiger charge is -2.25. The SMILES string of the molecule is CCOc1ccc(C2=C(N(CCOC)CCOC)C(=O)N(Cc3cccnc3)C2=O)cc1. The number of pyridine rings is 1. The monoisotopic (exact) mass is 439 g/mol. The molecule has 0 fully saturated rings. The first-order valence-electron chi connectivity index (χ1n) is 10.6. The van der Waals surface area contributed by atoms with Crippen LogP contribution in [0.2, 0.25) is 0 Å². The fourth-order valence-corrected chi connectivity index (χ4v) is 3.56. The van der Waals surface area contributed by atoms with Crippen LogP contribution in [0.15, 0.2) is 54.5 Å². The van der Waals surface area contributed by atoms with Gasteiger partial charge in [0.1, 0.15) is 11.4 Å². The molecule has 0 spiro atoms. The highest BCUT2D eigenvalue weighted by Gasteiger charge is 2.41. The molecule has 3 rings (SSSR count). The average Bonchev–Trinajstić information content (AvgIpc) is 3.05. The van der Waals surface area contributed by atoms with E-state index in [0.29, 0.717) is 55.5 Å². The minimum atomic E-state index is -0.338. The number of carbonyl (C=O) groups excluding carboxylic acids is 2.